The van der Waals surface area contributed by atoms with Gasteiger partial charge in [-0.3, -0.25) is 14.5 Å². The summed E-state index contributed by atoms with van der Waals surface area (Å²) in [6.45, 7) is 8.54. The van der Waals surface area contributed by atoms with E-state index < -0.39 is 17.8 Å². The zero-order chi connectivity index (χ0) is 16.1. The Balaban J connectivity index is 1.85. The molecule has 6 nitrogen and oxygen atoms in total. The van der Waals surface area contributed by atoms with E-state index in [4.69, 9.17) is 4.74 Å². The zero-order valence-electron chi connectivity index (χ0n) is 13.4. The van der Waals surface area contributed by atoms with Gasteiger partial charge in [0.15, 0.2) is 0 Å². The number of amides is 1. The molecule has 0 saturated carbocycles. The summed E-state index contributed by atoms with van der Waals surface area (Å²) in [5, 5.41) is 12.3. The summed E-state index contributed by atoms with van der Waals surface area (Å²) < 4.78 is 5.29. The van der Waals surface area contributed by atoms with Crippen molar-refractivity contribution in [2.24, 2.45) is 11.8 Å². The summed E-state index contributed by atoms with van der Waals surface area (Å²) in [5.41, 5.74) is 2.25. The summed E-state index contributed by atoms with van der Waals surface area (Å²) in [7, 11) is 0. The molecule has 2 N–H and O–H groups in total. The Kier molecular flexibility index (Phi) is 5.97. The van der Waals surface area contributed by atoms with Crippen LogP contribution in [0.15, 0.2) is 11.1 Å². The van der Waals surface area contributed by atoms with Crippen molar-refractivity contribution < 1.29 is 19.4 Å². The van der Waals surface area contributed by atoms with Gasteiger partial charge in [-0.25, -0.2) is 0 Å². The SMILES string of the molecule is CC1=C(C)C[C@@H](C(=O)NCCN2CCOCC2)[C@@H](C(=O)O)C1. The highest BCUT2D eigenvalue weighted by atomic mass is 16.5. The van der Waals surface area contributed by atoms with Gasteiger partial charge in [0.05, 0.1) is 25.0 Å². The minimum atomic E-state index is -0.875. The Labute approximate surface area is 131 Å². The predicted octanol–water partition coefficient (Wildman–Crippen LogP) is 0.882. The van der Waals surface area contributed by atoms with Crippen LogP contribution in [0.5, 0.6) is 0 Å². The van der Waals surface area contributed by atoms with Crippen LogP contribution in [-0.2, 0) is 14.3 Å². The van der Waals surface area contributed by atoms with Crippen molar-refractivity contribution in [3.63, 3.8) is 0 Å². The lowest BCUT2D eigenvalue weighted by Crippen LogP contribution is -2.44. The number of carboxylic acids is 1. The van der Waals surface area contributed by atoms with Crippen molar-refractivity contribution in [1.29, 1.82) is 0 Å². The third kappa shape index (κ3) is 4.30. The fourth-order valence-electron chi connectivity index (χ4n) is 3.12. The first-order chi connectivity index (χ1) is 10.5. The number of carbonyl (C=O) groups is 2. The maximum atomic E-state index is 12.4. The predicted molar refractivity (Wildman–Crippen MR) is 82.5 cm³/mol. The third-order valence-corrected chi connectivity index (χ3v) is 4.75. The fourth-order valence-corrected chi connectivity index (χ4v) is 3.12. The van der Waals surface area contributed by atoms with Crippen LogP contribution in [0.3, 0.4) is 0 Å². The van der Waals surface area contributed by atoms with Gasteiger partial charge in [0.1, 0.15) is 0 Å². The number of rotatable bonds is 5. The Hall–Kier alpha value is -1.40. The molecular formula is C16H26N2O4. The second-order valence-electron chi connectivity index (χ2n) is 6.27. The van der Waals surface area contributed by atoms with Gasteiger partial charge in [-0.05, 0) is 26.7 Å². The van der Waals surface area contributed by atoms with Gasteiger partial charge in [0, 0.05) is 26.2 Å². The van der Waals surface area contributed by atoms with E-state index >= 15 is 0 Å². The molecule has 2 atom stereocenters. The molecule has 124 valence electrons. The molecule has 0 bridgehead atoms. The Morgan fingerprint density at radius 2 is 1.77 bits per heavy atom. The van der Waals surface area contributed by atoms with Crippen molar-refractivity contribution >= 4 is 11.9 Å². The number of hydrogen-bond acceptors (Lipinski definition) is 4. The number of nitrogens with one attached hydrogen (secondary N) is 1. The van der Waals surface area contributed by atoms with E-state index in [9.17, 15) is 14.7 Å². The van der Waals surface area contributed by atoms with Gasteiger partial charge in [-0.2, -0.15) is 0 Å². The van der Waals surface area contributed by atoms with Crippen LogP contribution >= 0.6 is 0 Å². The van der Waals surface area contributed by atoms with Crippen LogP contribution in [0, 0.1) is 11.8 Å². The van der Waals surface area contributed by atoms with E-state index in [-0.39, 0.29) is 5.91 Å². The minimum absolute atomic E-state index is 0.132. The highest BCUT2D eigenvalue weighted by Crippen LogP contribution is 2.34. The van der Waals surface area contributed by atoms with E-state index in [2.05, 4.69) is 10.2 Å². The lowest BCUT2D eigenvalue weighted by atomic mass is 9.76. The zero-order valence-corrected chi connectivity index (χ0v) is 13.4. The smallest absolute Gasteiger partial charge is 0.307 e. The number of allylic oxidation sites excluding steroid dienone is 2. The molecule has 1 aliphatic heterocycles. The average molecular weight is 310 g/mol. The second kappa shape index (κ2) is 7.74. The molecule has 0 unspecified atom stereocenters. The number of carbonyl (C=O) groups excluding carboxylic acids is 1. The van der Waals surface area contributed by atoms with Crippen LogP contribution < -0.4 is 5.32 Å². The number of ether oxygens (including phenoxy) is 1. The molecule has 1 amide bonds. The van der Waals surface area contributed by atoms with Crippen LogP contribution in [0.2, 0.25) is 0 Å². The van der Waals surface area contributed by atoms with Crippen molar-refractivity contribution in [2.75, 3.05) is 39.4 Å². The quantitative estimate of drug-likeness (QED) is 0.737. The normalized spacial score (nSPS) is 26.8. The van der Waals surface area contributed by atoms with Gasteiger partial charge < -0.3 is 15.2 Å². The van der Waals surface area contributed by atoms with E-state index in [1.807, 2.05) is 13.8 Å². The van der Waals surface area contributed by atoms with Gasteiger partial charge >= 0.3 is 5.97 Å². The van der Waals surface area contributed by atoms with Gasteiger partial charge in [0.2, 0.25) is 5.91 Å². The number of carboxylic acid groups (broad SMARTS) is 1. The first-order valence-corrected chi connectivity index (χ1v) is 7.95. The summed E-state index contributed by atoms with van der Waals surface area (Å²) in [4.78, 5) is 26.0. The maximum Gasteiger partial charge on any atom is 0.307 e. The van der Waals surface area contributed by atoms with E-state index in [0.717, 1.165) is 44.0 Å². The molecule has 1 fully saturated rings. The second-order valence-corrected chi connectivity index (χ2v) is 6.27. The van der Waals surface area contributed by atoms with E-state index in [1.54, 1.807) is 0 Å². The largest absolute Gasteiger partial charge is 0.481 e. The van der Waals surface area contributed by atoms with Gasteiger partial charge in [0.25, 0.3) is 0 Å². The molecule has 1 heterocycles. The standard InChI is InChI=1S/C16H26N2O4/c1-11-9-13(14(16(20)21)10-12(11)2)15(19)17-3-4-18-5-7-22-8-6-18/h13-14H,3-10H2,1-2H3,(H,17,19)(H,20,21)/t13-,14+/m1/s1. The molecule has 2 aliphatic rings. The molecule has 0 radical (unpaired) electrons. The molecule has 0 spiro atoms. The molecule has 0 aromatic heterocycles. The van der Waals surface area contributed by atoms with Crippen LogP contribution in [0.25, 0.3) is 0 Å². The van der Waals surface area contributed by atoms with Gasteiger partial charge in [-0.1, -0.05) is 11.1 Å². The molecule has 6 heteroatoms. The molecule has 0 aromatic carbocycles. The number of hydrogen-bond donors (Lipinski definition) is 2. The number of morpholine rings is 1. The molecule has 2 rings (SSSR count). The summed E-state index contributed by atoms with van der Waals surface area (Å²) in [5.74, 6) is -2.06. The maximum absolute atomic E-state index is 12.4. The number of aliphatic carboxylic acids is 1. The van der Waals surface area contributed by atoms with Crippen LogP contribution in [-0.4, -0.2) is 61.3 Å². The Morgan fingerprint density at radius 1 is 1.18 bits per heavy atom. The summed E-state index contributed by atoms with van der Waals surface area (Å²) >= 11 is 0. The highest BCUT2D eigenvalue weighted by molar-refractivity contribution is 5.85. The van der Waals surface area contributed by atoms with Crippen molar-refractivity contribution in [1.82, 2.24) is 10.2 Å². The monoisotopic (exact) mass is 310 g/mol. The highest BCUT2D eigenvalue weighted by Gasteiger charge is 2.37. The Morgan fingerprint density at radius 3 is 2.36 bits per heavy atom. The Bertz CT molecular complexity index is 455. The van der Waals surface area contributed by atoms with E-state index in [1.165, 1.54) is 0 Å². The lowest BCUT2D eigenvalue weighted by Gasteiger charge is -2.30. The van der Waals surface area contributed by atoms with Crippen molar-refractivity contribution in [3.05, 3.63) is 11.1 Å². The summed E-state index contributed by atoms with van der Waals surface area (Å²) in [6.07, 6.45) is 1.02. The van der Waals surface area contributed by atoms with Crippen LogP contribution in [0.1, 0.15) is 26.7 Å². The fraction of sp³-hybridized carbons (Fsp3) is 0.750. The van der Waals surface area contributed by atoms with Crippen LogP contribution in [0.4, 0.5) is 0 Å². The van der Waals surface area contributed by atoms with Crippen molar-refractivity contribution in [2.45, 2.75) is 26.7 Å². The topological polar surface area (TPSA) is 78.9 Å². The van der Waals surface area contributed by atoms with E-state index in [0.29, 0.717) is 19.4 Å². The molecular weight excluding hydrogens is 284 g/mol. The minimum Gasteiger partial charge on any atom is -0.481 e. The first kappa shape index (κ1) is 17.0. The number of nitrogens with zero attached hydrogens (tertiary/aromatic N) is 1. The first-order valence-electron chi connectivity index (χ1n) is 7.95. The third-order valence-electron chi connectivity index (χ3n) is 4.75. The molecule has 1 aliphatic carbocycles. The molecule has 22 heavy (non-hydrogen) atoms. The van der Waals surface area contributed by atoms with Gasteiger partial charge in [-0.15, -0.1) is 0 Å². The average Bonchev–Trinajstić information content (AvgIpc) is 2.50. The molecule has 0 aromatic rings. The molecule has 1 saturated heterocycles. The lowest BCUT2D eigenvalue weighted by molar-refractivity contribution is -0.147. The van der Waals surface area contributed by atoms with Crippen molar-refractivity contribution in [3.8, 4) is 0 Å². The summed E-state index contributed by atoms with van der Waals surface area (Å²) in [6, 6.07) is 0.